The van der Waals surface area contributed by atoms with Crippen molar-refractivity contribution < 1.29 is 0 Å². The molecule has 4 aromatic rings. The van der Waals surface area contributed by atoms with Crippen molar-refractivity contribution in [2.75, 3.05) is 0 Å². The summed E-state index contributed by atoms with van der Waals surface area (Å²) in [6.45, 7) is 5.24. The third kappa shape index (κ3) is 1.98. The van der Waals surface area contributed by atoms with Gasteiger partial charge in [-0.05, 0) is 54.6 Å². The summed E-state index contributed by atoms with van der Waals surface area (Å²) in [5.74, 6) is 0. The normalized spacial score (nSPS) is 11.4. The molecule has 2 heterocycles. The Hall–Kier alpha value is -2.68. The molecule has 0 radical (unpaired) electrons. The number of hydrogen-bond donors (Lipinski definition) is 0. The summed E-state index contributed by atoms with van der Waals surface area (Å²) < 4.78 is 2.27. The van der Waals surface area contributed by atoms with Gasteiger partial charge in [-0.25, -0.2) is 0 Å². The maximum absolute atomic E-state index is 4.54. The third-order valence-corrected chi connectivity index (χ3v) is 4.14. The molecule has 0 saturated carbocycles. The van der Waals surface area contributed by atoms with E-state index in [0.29, 0.717) is 0 Å². The molecule has 0 aliphatic heterocycles. The van der Waals surface area contributed by atoms with Crippen molar-refractivity contribution >= 4 is 21.9 Å². The topological polar surface area (TPSA) is 30.7 Å². The Morgan fingerprint density at radius 1 is 1.00 bits per heavy atom. The average molecular weight is 287 g/mol. The van der Waals surface area contributed by atoms with Gasteiger partial charge in [0.05, 0.1) is 11.0 Å². The SMILES string of the molecule is CCn1ccc2ccc(-c3cc(C)cc4nccnc34)cc21. The van der Waals surface area contributed by atoms with E-state index in [1.54, 1.807) is 12.4 Å². The Bertz CT molecular complexity index is 982. The minimum atomic E-state index is 0.948. The van der Waals surface area contributed by atoms with Gasteiger partial charge in [0.25, 0.3) is 0 Å². The van der Waals surface area contributed by atoms with E-state index >= 15 is 0 Å². The maximum atomic E-state index is 4.54. The molecule has 2 aromatic heterocycles. The smallest absolute Gasteiger partial charge is 0.0965 e. The Balaban J connectivity index is 2.02. The van der Waals surface area contributed by atoms with Crippen LogP contribution in [-0.4, -0.2) is 14.5 Å². The molecule has 22 heavy (non-hydrogen) atoms. The van der Waals surface area contributed by atoms with Crippen LogP contribution in [0.5, 0.6) is 0 Å². The quantitative estimate of drug-likeness (QED) is 0.540. The molecule has 0 atom stereocenters. The van der Waals surface area contributed by atoms with E-state index in [2.05, 4.69) is 71.0 Å². The predicted molar refractivity (Wildman–Crippen MR) is 90.9 cm³/mol. The summed E-state index contributed by atoms with van der Waals surface area (Å²) in [6.07, 6.45) is 5.65. The first-order chi connectivity index (χ1) is 10.8. The van der Waals surface area contributed by atoms with E-state index in [1.165, 1.54) is 22.0 Å². The van der Waals surface area contributed by atoms with E-state index < -0.39 is 0 Å². The lowest BCUT2D eigenvalue weighted by molar-refractivity contribution is 0.798. The highest BCUT2D eigenvalue weighted by Gasteiger charge is 2.09. The molecule has 0 N–H and O–H groups in total. The number of hydrogen-bond acceptors (Lipinski definition) is 2. The second-order valence-corrected chi connectivity index (χ2v) is 5.61. The first kappa shape index (κ1) is 13.0. The number of nitrogens with zero attached hydrogens (tertiary/aromatic N) is 3. The van der Waals surface area contributed by atoms with Gasteiger partial charge < -0.3 is 4.57 Å². The molecule has 0 aliphatic carbocycles. The van der Waals surface area contributed by atoms with E-state index in [4.69, 9.17) is 0 Å². The van der Waals surface area contributed by atoms with Crippen molar-refractivity contribution in [3.8, 4) is 11.1 Å². The van der Waals surface area contributed by atoms with Gasteiger partial charge >= 0.3 is 0 Å². The Kier molecular flexibility index (Phi) is 2.93. The molecule has 2 aromatic carbocycles. The van der Waals surface area contributed by atoms with Crippen molar-refractivity contribution in [3.05, 3.63) is 60.6 Å². The fourth-order valence-electron chi connectivity index (χ4n) is 3.06. The lowest BCUT2D eigenvalue weighted by Crippen LogP contribution is -1.92. The van der Waals surface area contributed by atoms with Crippen LogP contribution in [0.3, 0.4) is 0 Å². The van der Waals surface area contributed by atoms with Crippen LogP contribution >= 0.6 is 0 Å². The zero-order valence-electron chi connectivity index (χ0n) is 12.7. The van der Waals surface area contributed by atoms with Gasteiger partial charge in [0.2, 0.25) is 0 Å². The van der Waals surface area contributed by atoms with Gasteiger partial charge in [-0.1, -0.05) is 12.1 Å². The summed E-state index contributed by atoms with van der Waals surface area (Å²) in [6, 6.07) is 13.0. The number of fused-ring (bicyclic) bond motifs is 2. The molecule has 0 unspecified atom stereocenters. The first-order valence-electron chi connectivity index (χ1n) is 7.57. The van der Waals surface area contributed by atoms with Gasteiger partial charge in [0, 0.05) is 36.2 Å². The van der Waals surface area contributed by atoms with Crippen molar-refractivity contribution in [2.45, 2.75) is 20.4 Å². The summed E-state index contributed by atoms with van der Waals surface area (Å²) in [5, 5.41) is 1.27. The van der Waals surface area contributed by atoms with Crippen molar-refractivity contribution in [1.82, 2.24) is 14.5 Å². The van der Waals surface area contributed by atoms with Gasteiger partial charge in [0.15, 0.2) is 0 Å². The summed E-state index contributed by atoms with van der Waals surface area (Å²) in [7, 11) is 0. The summed E-state index contributed by atoms with van der Waals surface area (Å²) >= 11 is 0. The number of aryl methyl sites for hydroxylation is 2. The molecule has 0 saturated heterocycles. The zero-order chi connectivity index (χ0) is 15.1. The monoisotopic (exact) mass is 287 g/mol. The molecular formula is C19H17N3. The first-order valence-corrected chi connectivity index (χ1v) is 7.57. The Labute approximate surface area is 129 Å². The molecule has 0 spiro atoms. The second kappa shape index (κ2) is 4.95. The minimum absolute atomic E-state index is 0.948. The molecule has 3 nitrogen and oxygen atoms in total. The van der Waals surface area contributed by atoms with E-state index in [9.17, 15) is 0 Å². The van der Waals surface area contributed by atoms with E-state index in [1.807, 2.05) is 0 Å². The minimum Gasteiger partial charge on any atom is -0.348 e. The third-order valence-electron chi connectivity index (χ3n) is 4.14. The number of benzene rings is 2. The van der Waals surface area contributed by atoms with Crippen LogP contribution in [0.4, 0.5) is 0 Å². The van der Waals surface area contributed by atoms with Gasteiger partial charge in [-0.3, -0.25) is 9.97 Å². The maximum Gasteiger partial charge on any atom is 0.0965 e. The van der Waals surface area contributed by atoms with Crippen LogP contribution in [0.15, 0.2) is 55.0 Å². The fraction of sp³-hybridized carbons (Fsp3) is 0.158. The largest absolute Gasteiger partial charge is 0.348 e. The molecule has 108 valence electrons. The predicted octanol–water partition coefficient (Wildman–Crippen LogP) is 4.58. The van der Waals surface area contributed by atoms with Crippen LogP contribution in [-0.2, 0) is 6.54 Å². The lowest BCUT2D eigenvalue weighted by Gasteiger charge is -2.09. The van der Waals surface area contributed by atoms with Crippen LogP contribution < -0.4 is 0 Å². The van der Waals surface area contributed by atoms with Gasteiger partial charge in [-0.2, -0.15) is 0 Å². The van der Waals surface area contributed by atoms with E-state index in [-0.39, 0.29) is 0 Å². The second-order valence-electron chi connectivity index (χ2n) is 5.61. The lowest BCUT2D eigenvalue weighted by atomic mass is 10.0. The average Bonchev–Trinajstić information content (AvgIpc) is 2.96. The highest BCUT2D eigenvalue weighted by Crippen LogP contribution is 2.30. The van der Waals surface area contributed by atoms with Crippen LogP contribution in [0.1, 0.15) is 12.5 Å². The molecule has 0 amide bonds. The number of rotatable bonds is 2. The molecule has 3 heteroatoms. The van der Waals surface area contributed by atoms with Crippen molar-refractivity contribution in [2.24, 2.45) is 0 Å². The summed E-state index contributed by atoms with van der Waals surface area (Å²) in [5.41, 5.74) is 6.71. The van der Waals surface area contributed by atoms with Crippen molar-refractivity contribution in [3.63, 3.8) is 0 Å². The van der Waals surface area contributed by atoms with E-state index in [0.717, 1.165) is 23.1 Å². The highest BCUT2D eigenvalue weighted by molar-refractivity contribution is 5.95. The van der Waals surface area contributed by atoms with Crippen molar-refractivity contribution in [1.29, 1.82) is 0 Å². The van der Waals surface area contributed by atoms with Crippen LogP contribution in [0.25, 0.3) is 33.1 Å². The fourth-order valence-corrected chi connectivity index (χ4v) is 3.06. The molecule has 0 bridgehead atoms. The summed E-state index contributed by atoms with van der Waals surface area (Å²) in [4.78, 5) is 8.99. The molecular weight excluding hydrogens is 270 g/mol. The molecule has 0 aliphatic rings. The molecule has 0 fully saturated rings. The van der Waals surface area contributed by atoms with Gasteiger partial charge in [0.1, 0.15) is 0 Å². The van der Waals surface area contributed by atoms with Crippen LogP contribution in [0, 0.1) is 6.92 Å². The van der Waals surface area contributed by atoms with Gasteiger partial charge in [-0.15, -0.1) is 0 Å². The Morgan fingerprint density at radius 2 is 1.86 bits per heavy atom. The standard InChI is InChI=1S/C19H17N3/c1-3-22-9-6-14-4-5-15(12-18(14)22)16-10-13(2)11-17-19(16)21-8-7-20-17/h4-12H,3H2,1-2H3. The zero-order valence-corrected chi connectivity index (χ0v) is 12.7. The Morgan fingerprint density at radius 3 is 2.73 bits per heavy atom. The number of aromatic nitrogens is 3. The van der Waals surface area contributed by atoms with Crippen LogP contribution in [0.2, 0.25) is 0 Å². The highest BCUT2D eigenvalue weighted by atomic mass is 14.9. The molecule has 4 rings (SSSR count).